The first-order valence-corrected chi connectivity index (χ1v) is 3.91. The summed E-state index contributed by atoms with van der Waals surface area (Å²) in [5.74, 6) is -0.427. The van der Waals surface area contributed by atoms with Crippen LogP contribution < -0.4 is 0 Å². The first-order chi connectivity index (χ1) is 5.56. The van der Waals surface area contributed by atoms with Crippen molar-refractivity contribution in [3.05, 3.63) is 0 Å². The summed E-state index contributed by atoms with van der Waals surface area (Å²) in [5, 5.41) is 8.17. The fraction of sp³-hybridized carbons (Fsp3) is 0.750. The van der Waals surface area contributed by atoms with Crippen LogP contribution in [0.3, 0.4) is 0 Å². The number of alkyl halides is 1. The largest absolute Gasteiger partial charge is 0.364 e. The minimum absolute atomic E-state index is 0.0169. The molecule has 4 heteroatoms. The highest BCUT2D eigenvalue weighted by Crippen LogP contribution is 2.02. The van der Waals surface area contributed by atoms with Crippen LogP contribution in [0.5, 0.6) is 0 Å². The van der Waals surface area contributed by atoms with Crippen molar-refractivity contribution in [2.75, 3.05) is 0 Å². The van der Waals surface area contributed by atoms with Crippen molar-refractivity contribution in [2.24, 2.45) is 0 Å². The van der Waals surface area contributed by atoms with Crippen LogP contribution in [0.25, 0.3) is 0 Å². The van der Waals surface area contributed by atoms with Crippen molar-refractivity contribution in [1.82, 2.24) is 0 Å². The molecule has 1 unspecified atom stereocenters. The van der Waals surface area contributed by atoms with Gasteiger partial charge in [0.05, 0.1) is 6.42 Å². The van der Waals surface area contributed by atoms with E-state index in [4.69, 9.17) is 5.11 Å². The second-order valence-corrected chi connectivity index (χ2v) is 2.57. The third kappa shape index (κ3) is 5.97. The molecule has 0 aliphatic carbocycles. The smallest absolute Gasteiger partial charge is 0.203 e. The average Bonchev–Trinajstić information content (AvgIpc) is 1.99. The van der Waals surface area contributed by atoms with Gasteiger partial charge in [-0.2, -0.15) is 0 Å². The molecule has 1 N–H and O–H groups in total. The molecule has 0 heterocycles. The minimum Gasteiger partial charge on any atom is -0.364 e. The highest BCUT2D eigenvalue weighted by Gasteiger charge is 2.10. The van der Waals surface area contributed by atoms with Gasteiger partial charge in [0.25, 0.3) is 0 Å². The van der Waals surface area contributed by atoms with Crippen molar-refractivity contribution in [2.45, 2.75) is 39.0 Å². The zero-order valence-corrected chi connectivity index (χ0v) is 7.05. The normalized spacial score (nSPS) is 12.6. The summed E-state index contributed by atoms with van der Waals surface area (Å²) in [4.78, 5) is 21.4. The number of aliphatic hydroxyl groups excluding tert-OH is 1. The van der Waals surface area contributed by atoms with Crippen LogP contribution in [0.1, 0.15) is 32.6 Å². The van der Waals surface area contributed by atoms with Gasteiger partial charge in [-0.3, -0.25) is 9.59 Å². The van der Waals surface area contributed by atoms with Crippen molar-refractivity contribution in [3.8, 4) is 0 Å². The Labute approximate surface area is 70.6 Å². The molecule has 0 bridgehead atoms. The van der Waals surface area contributed by atoms with Gasteiger partial charge in [-0.05, 0) is 0 Å². The van der Waals surface area contributed by atoms with Crippen molar-refractivity contribution >= 4 is 11.6 Å². The van der Waals surface area contributed by atoms with Crippen molar-refractivity contribution in [1.29, 1.82) is 0 Å². The summed E-state index contributed by atoms with van der Waals surface area (Å²) < 4.78 is 11.8. The molecule has 0 spiro atoms. The molecule has 3 nitrogen and oxygen atoms in total. The van der Waals surface area contributed by atoms with Crippen molar-refractivity contribution < 1.29 is 19.1 Å². The molecule has 0 aromatic carbocycles. The van der Waals surface area contributed by atoms with E-state index in [0.717, 1.165) is 0 Å². The van der Waals surface area contributed by atoms with Crippen LogP contribution in [0.4, 0.5) is 4.39 Å². The molecule has 1 atom stereocenters. The lowest BCUT2D eigenvalue weighted by Crippen LogP contribution is -2.09. The molecular formula is C8H13FO3. The third-order valence-electron chi connectivity index (χ3n) is 1.47. The lowest BCUT2D eigenvalue weighted by molar-refractivity contribution is -0.126. The van der Waals surface area contributed by atoms with Crippen LogP contribution in [-0.4, -0.2) is 23.0 Å². The van der Waals surface area contributed by atoms with Gasteiger partial charge in [-0.15, -0.1) is 0 Å². The van der Waals surface area contributed by atoms with Crippen LogP contribution in [0.2, 0.25) is 0 Å². The van der Waals surface area contributed by atoms with E-state index in [1.54, 1.807) is 6.92 Å². The van der Waals surface area contributed by atoms with E-state index in [2.05, 4.69) is 0 Å². The standard InChI is InChI=1S/C8H13FO3/c1-2-6(10)3-4-7(11)5-8(9)12/h8,12H,2-5H2,1H3. The highest BCUT2D eigenvalue weighted by atomic mass is 19.1. The van der Waals surface area contributed by atoms with Gasteiger partial charge in [0.15, 0.2) is 0 Å². The fourth-order valence-corrected chi connectivity index (χ4v) is 0.746. The molecule has 0 aromatic rings. The molecular weight excluding hydrogens is 163 g/mol. The first kappa shape index (κ1) is 11.2. The number of hydrogen-bond acceptors (Lipinski definition) is 3. The maximum atomic E-state index is 11.8. The van der Waals surface area contributed by atoms with Gasteiger partial charge >= 0.3 is 0 Å². The summed E-state index contributed by atoms with van der Waals surface area (Å²) in [6.07, 6.45) is -2.01. The lowest BCUT2D eigenvalue weighted by Gasteiger charge is -1.99. The SMILES string of the molecule is CCC(=O)CCC(=O)CC(O)F. The molecule has 70 valence electrons. The molecule has 0 radical (unpaired) electrons. The molecule has 0 fully saturated rings. The predicted molar refractivity (Wildman–Crippen MR) is 41.3 cm³/mol. The number of carbonyl (C=O) groups is 2. The Bertz CT molecular complexity index is 166. The van der Waals surface area contributed by atoms with E-state index >= 15 is 0 Å². The Morgan fingerprint density at radius 1 is 1.33 bits per heavy atom. The zero-order chi connectivity index (χ0) is 9.56. The second kappa shape index (κ2) is 5.83. The van der Waals surface area contributed by atoms with E-state index in [0.29, 0.717) is 6.42 Å². The molecule has 0 aliphatic heterocycles. The molecule has 0 aliphatic rings. The maximum Gasteiger partial charge on any atom is 0.203 e. The van der Waals surface area contributed by atoms with Gasteiger partial charge in [0.2, 0.25) is 6.36 Å². The summed E-state index contributed by atoms with van der Waals surface area (Å²) in [6, 6.07) is 0. The quantitative estimate of drug-likeness (QED) is 0.656. The number of rotatable bonds is 6. The number of Topliss-reactive ketones (excluding diaryl/α,β-unsaturated/α-hetero) is 2. The average molecular weight is 176 g/mol. The zero-order valence-electron chi connectivity index (χ0n) is 7.05. The Morgan fingerprint density at radius 3 is 2.25 bits per heavy atom. The Kier molecular flexibility index (Phi) is 5.45. The number of aliphatic hydroxyl groups is 1. The van der Waals surface area contributed by atoms with E-state index in [9.17, 15) is 14.0 Å². The summed E-state index contributed by atoms with van der Waals surface area (Å²) in [5.41, 5.74) is 0. The van der Waals surface area contributed by atoms with Crippen LogP contribution >= 0.6 is 0 Å². The molecule has 0 aromatic heterocycles. The van der Waals surface area contributed by atoms with E-state index in [1.807, 2.05) is 0 Å². The Balaban J connectivity index is 3.51. The molecule has 0 saturated heterocycles. The van der Waals surface area contributed by atoms with Crippen LogP contribution in [0, 0.1) is 0 Å². The van der Waals surface area contributed by atoms with Crippen LogP contribution in [-0.2, 0) is 9.59 Å². The maximum absolute atomic E-state index is 11.8. The Hall–Kier alpha value is -0.770. The Morgan fingerprint density at radius 2 is 1.83 bits per heavy atom. The number of ketones is 2. The van der Waals surface area contributed by atoms with Gasteiger partial charge in [-0.1, -0.05) is 6.92 Å². The molecule has 12 heavy (non-hydrogen) atoms. The van der Waals surface area contributed by atoms with Gasteiger partial charge in [0, 0.05) is 19.3 Å². The molecule has 0 rings (SSSR count). The van der Waals surface area contributed by atoms with E-state index in [-0.39, 0.29) is 18.6 Å². The van der Waals surface area contributed by atoms with Gasteiger partial charge < -0.3 is 5.11 Å². The van der Waals surface area contributed by atoms with Gasteiger partial charge in [-0.25, -0.2) is 4.39 Å². The number of carbonyl (C=O) groups excluding carboxylic acids is 2. The number of hydrogen-bond donors (Lipinski definition) is 1. The second-order valence-electron chi connectivity index (χ2n) is 2.57. The monoisotopic (exact) mass is 176 g/mol. The first-order valence-electron chi connectivity index (χ1n) is 3.91. The lowest BCUT2D eigenvalue weighted by atomic mass is 10.1. The predicted octanol–water partition coefficient (Wildman–Crippen LogP) is 0.993. The van der Waals surface area contributed by atoms with Gasteiger partial charge in [0.1, 0.15) is 11.6 Å². The third-order valence-corrected chi connectivity index (χ3v) is 1.47. The number of halogens is 1. The fourth-order valence-electron chi connectivity index (χ4n) is 0.746. The highest BCUT2D eigenvalue weighted by molar-refractivity contribution is 5.85. The summed E-state index contributed by atoms with van der Waals surface area (Å²) in [7, 11) is 0. The van der Waals surface area contributed by atoms with E-state index in [1.165, 1.54) is 0 Å². The minimum atomic E-state index is -2.09. The molecule has 0 saturated carbocycles. The summed E-state index contributed by atoms with van der Waals surface area (Å²) in [6.45, 7) is 1.71. The summed E-state index contributed by atoms with van der Waals surface area (Å²) >= 11 is 0. The van der Waals surface area contributed by atoms with Crippen LogP contribution in [0.15, 0.2) is 0 Å². The van der Waals surface area contributed by atoms with Crippen molar-refractivity contribution in [3.63, 3.8) is 0 Å². The molecule has 0 amide bonds. The topological polar surface area (TPSA) is 54.4 Å². The van der Waals surface area contributed by atoms with E-state index < -0.39 is 18.6 Å².